The molecule has 0 aliphatic carbocycles. The molecule has 88 valence electrons. The molecule has 0 aromatic heterocycles. The summed E-state index contributed by atoms with van der Waals surface area (Å²) in [6.45, 7) is 0.831. The summed E-state index contributed by atoms with van der Waals surface area (Å²) in [4.78, 5) is 0. The maximum atomic E-state index is 9.33. The Bertz CT molecular complexity index is 368. The largest absolute Gasteiger partial charge is 0.396 e. The van der Waals surface area contributed by atoms with Crippen molar-refractivity contribution < 1.29 is 9.84 Å². The molecule has 0 radical (unpaired) electrons. The Morgan fingerprint density at radius 2 is 2.19 bits per heavy atom. The van der Waals surface area contributed by atoms with Gasteiger partial charge in [-0.2, -0.15) is 0 Å². The Hall–Kier alpha value is -0.280. The summed E-state index contributed by atoms with van der Waals surface area (Å²) in [5, 5.41) is 10.6. The van der Waals surface area contributed by atoms with Gasteiger partial charge in [-0.1, -0.05) is 23.2 Å². The molecule has 0 saturated carbocycles. The van der Waals surface area contributed by atoms with Crippen molar-refractivity contribution in [2.24, 2.45) is 5.92 Å². The van der Waals surface area contributed by atoms with E-state index in [1.54, 1.807) is 12.1 Å². The third-order valence-electron chi connectivity index (χ3n) is 2.94. The van der Waals surface area contributed by atoms with Crippen molar-refractivity contribution in [1.82, 2.24) is 0 Å². The van der Waals surface area contributed by atoms with Crippen molar-refractivity contribution in [1.29, 1.82) is 0 Å². The first-order valence-electron chi connectivity index (χ1n) is 5.40. The fraction of sp³-hybridized carbons (Fsp3) is 0.500. The molecule has 1 aliphatic rings. The predicted molar refractivity (Wildman–Crippen MR) is 65.0 cm³/mol. The van der Waals surface area contributed by atoms with E-state index >= 15 is 0 Å². The number of rotatable bonds is 2. The maximum Gasteiger partial charge on any atom is 0.0889 e. The number of halogens is 2. The third-order valence-corrected chi connectivity index (χ3v) is 3.52. The molecule has 0 amide bonds. The van der Waals surface area contributed by atoms with Crippen LogP contribution in [-0.4, -0.2) is 18.3 Å². The van der Waals surface area contributed by atoms with Crippen LogP contribution in [0.15, 0.2) is 18.2 Å². The highest BCUT2D eigenvalue weighted by molar-refractivity contribution is 6.33. The van der Waals surface area contributed by atoms with Crippen LogP contribution < -0.4 is 0 Å². The van der Waals surface area contributed by atoms with Gasteiger partial charge in [-0.05, 0) is 31.0 Å². The Balaban J connectivity index is 2.30. The molecule has 16 heavy (non-hydrogen) atoms. The highest BCUT2D eigenvalue weighted by Crippen LogP contribution is 2.37. The Morgan fingerprint density at radius 1 is 1.38 bits per heavy atom. The van der Waals surface area contributed by atoms with E-state index in [-0.39, 0.29) is 18.6 Å². The van der Waals surface area contributed by atoms with Gasteiger partial charge in [-0.3, -0.25) is 0 Å². The van der Waals surface area contributed by atoms with Crippen LogP contribution >= 0.6 is 23.2 Å². The van der Waals surface area contributed by atoms with E-state index in [2.05, 4.69) is 0 Å². The molecule has 2 atom stereocenters. The van der Waals surface area contributed by atoms with Crippen LogP contribution in [-0.2, 0) is 4.74 Å². The monoisotopic (exact) mass is 260 g/mol. The lowest BCUT2D eigenvalue weighted by Crippen LogP contribution is -2.25. The van der Waals surface area contributed by atoms with E-state index in [4.69, 9.17) is 27.9 Å². The summed E-state index contributed by atoms with van der Waals surface area (Å²) >= 11 is 12.1. The van der Waals surface area contributed by atoms with Crippen molar-refractivity contribution in [3.8, 4) is 0 Å². The third kappa shape index (κ3) is 2.51. The van der Waals surface area contributed by atoms with Gasteiger partial charge in [0.05, 0.1) is 6.10 Å². The van der Waals surface area contributed by atoms with Gasteiger partial charge in [0.25, 0.3) is 0 Å². The minimum atomic E-state index is -0.134. The van der Waals surface area contributed by atoms with Crippen molar-refractivity contribution in [2.75, 3.05) is 13.2 Å². The molecule has 1 fully saturated rings. The lowest BCUT2D eigenvalue weighted by molar-refractivity contribution is -0.0456. The van der Waals surface area contributed by atoms with Crippen LogP contribution in [0.25, 0.3) is 0 Å². The number of hydrogen-bond acceptors (Lipinski definition) is 2. The molecule has 1 aromatic carbocycles. The van der Waals surface area contributed by atoms with Gasteiger partial charge < -0.3 is 9.84 Å². The normalized spacial score (nSPS) is 25.7. The maximum absolute atomic E-state index is 9.33. The van der Waals surface area contributed by atoms with Gasteiger partial charge >= 0.3 is 0 Å². The second kappa shape index (κ2) is 5.37. The van der Waals surface area contributed by atoms with Gasteiger partial charge in [0, 0.05) is 34.7 Å². The van der Waals surface area contributed by atoms with Crippen molar-refractivity contribution in [3.05, 3.63) is 33.8 Å². The van der Waals surface area contributed by atoms with Gasteiger partial charge in [-0.25, -0.2) is 0 Å². The molecule has 1 aromatic rings. The molecule has 1 aliphatic heterocycles. The number of aliphatic hydroxyl groups excluding tert-OH is 1. The van der Waals surface area contributed by atoms with Gasteiger partial charge in [0.1, 0.15) is 0 Å². The van der Waals surface area contributed by atoms with Crippen LogP contribution in [0.1, 0.15) is 24.5 Å². The molecule has 1 saturated heterocycles. The Morgan fingerprint density at radius 3 is 2.94 bits per heavy atom. The first kappa shape index (κ1) is 12.2. The Kier molecular flexibility index (Phi) is 4.09. The average Bonchev–Trinajstić information content (AvgIpc) is 2.32. The zero-order chi connectivity index (χ0) is 11.5. The summed E-state index contributed by atoms with van der Waals surface area (Å²) < 4.78 is 5.70. The van der Waals surface area contributed by atoms with E-state index in [9.17, 15) is 5.11 Å². The first-order valence-corrected chi connectivity index (χ1v) is 6.15. The van der Waals surface area contributed by atoms with Crippen LogP contribution in [0, 0.1) is 5.92 Å². The molecule has 2 unspecified atom stereocenters. The molecule has 1 heterocycles. The fourth-order valence-corrected chi connectivity index (χ4v) is 2.51. The SMILES string of the molecule is OCC1CCCOC1c1cc(Cl)ccc1Cl. The van der Waals surface area contributed by atoms with E-state index in [1.165, 1.54) is 0 Å². The lowest BCUT2D eigenvalue weighted by Gasteiger charge is -2.31. The standard InChI is InChI=1S/C12H14Cl2O2/c13-9-3-4-11(14)10(6-9)12-8(7-15)2-1-5-16-12/h3-4,6,8,12,15H,1-2,5,7H2. The quantitative estimate of drug-likeness (QED) is 0.883. The second-order valence-electron chi connectivity index (χ2n) is 4.04. The van der Waals surface area contributed by atoms with Crippen molar-refractivity contribution in [3.63, 3.8) is 0 Å². The summed E-state index contributed by atoms with van der Waals surface area (Å²) in [6.07, 6.45) is 1.81. The Labute approximate surface area is 105 Å². The summed E-state index contributed by atoms with van der Waals surface area (Å²) in [5.74, 6) is 0.115. The highest BCUT2D eigenvalue weighted by atomic mass is 35.5. The molecule has 0 bridgehead atoms. The molecule has 2 nitrogen and oxygen atoms in total. The van der Waals surface area contributed by atoms with Crippen LogP contribution in [0.3, 0.4) is 0 Å². The van der Waals surface area contributed by atoms with Gasteiger partial charge in [0.15, 0.2) is 0 Å². The van der Waals surface area contributed by atoms with E-state index in [0.717, 1.165) is 18.4 Å². The fourth-order valence-electron chi connectivity index (χ4n) is 2.11. The summed E-state index contributed by atoms with van der Waals surface area (Å²) in [6, 6.07) is 5.35. The van der Waals surface area contributed by atoms with Crippen molar-refractivity contribution >= 4 is 23.2 Å². The predicted octanol–water partition coefficient (Wildman–Crippen LogP) is 3.45. The minimum absolute atomic E-state index is 0.115. The highest BCUT2D eigenvalue weighted by Gasteiger charge is 2.28. The summed E-state index contributed by atoms with van der Waals surface area (Å²) in [7, 11) is 0. The minimum Gasteiger partial charge on any atom is -0.396 e. The van der Waals surface area contributed by atoms with Crippen molar-refractivity contribution in [2.45, 2.75) is 18.9 Å². The zero-order valence-corrected chi connectivity index (χ0v) is 10.3. The topological polar surface area (TPSA) is 29.5 Å². The molecule has 0 spiro atoms. The number of aliphatic hydroxyl groups is 1. The van der Waals surface area contributed by atoms with Gasteiger partial charge in [0.2, 0.25) is 0 Å². The number of hydrogen-bond donors (Lipinski definition) is 1. The van der Waals surface area contributed by atoms with Crippen LogP contribution in [0.5, 0.6) is 0 Å². The van der Waals surface area contributed by atoms with E-state index < -0.39 is 0 Å². The van der Waals surface area contributed by atoms with Gasteiger partial charge in [-0.15, -0.1) is 0 Å². The molecular weight excluding hydrogens is 247 g/mol. The lowest BCUT2D eigenvalue weighted by atomic mass is 9.90. The van der Waals surface area contributed by atoms with Crippen LogP contribution in [0.4, 0.5) is 0 Å². The number of benzene rings is 1. The molecule has 4 heteroatoms. The second-order valence-corrected chi connectivity index (χ2v) is 4.89. The summed E-state index contributed by atoms with van der Waals surface area (Å²) in [5.41, 5.74) is 0.882. The molecule has 2 rings (SSSR count). The number of ether oxygens (including phenoxy) is 1. The van der Waals surface area contributed by atoms with Crippen LogP contribution in [0.2, 0.25) is 10.0 Å². The van der Waals surface area contributed by atoms with E-state index in [0.29, 0.717) is 16.7 Å². The zero-order valence-electron chi connectivity index (χ0n) is 8.83. The average molecular weight is 261 g/mol. The molecular formula is C12H14Cl2O2. The molecule has 1 N–H and O–H groups in total. The van der Waals surface area contributed by atoms with E-state index in [1.807, 2.05) is 6.07 Å². The first-order chi connectivity index (χ1) is 7.72. The smallest absolute Gasteiger partial charge is 0.0889 e.